The van der Waals surface area contributed by atoms with Gasteiger partial charge in [0.05, 0.1) is 12.7 Å². The molecule has 2 aliphatic rings. The highest BCUT2D eigenvalue weighted by Crippen LogP contribution is 2.20. The number of methoxy groups -OCH3 is 1. The normalized spacial score (nSPS) is 23.2. The van der Waals surface area contributed by atoms with Crippen LogP contribution >= 0.6 is 0 Å². The van der Waals surface area contributed by atoms with E-state index < -0.39 is 0 Å². The molecule has 1 atom stereocenters. The Bertz CT molecular complexity index is 540. The molecule has 6 heteroatoms. The molecule has 2 saturated heterocycles. The van der Waals surface area contributed by atoms with Crippen molar-refractivity contribution in [1.82, 2.24) is 19.7 Å². The van der Waals surface area contributed by atoms with Crippen LogP contribution in [-0.2, 0) is 0 Å². The number of likely N-dealkylation sites (tertiary alicyclic amines) is 1. The number of piperidine rings is 1. The molecule has 1 aromatic heterocycles. The maximum absolute atomic E-state index is 12.7. The first-order valence-corrected chi connectivity index (χ1v) is 8.86. The maximum atomic E-state index is 12.7. The molecule has 0 spiro atoms. The standard InChI is InChI=1S/C18H28N4O2/c1-20-8-10-21(11-9-20)13-15-4-3-7-22(14-15)18(23)16-5-6-17(24-2)19-12-16/h5-6,12,15H,3-4,7-11,13-14H2,1-2H3/t15-/m1/s1. The van der Waals surface area contributed by atoms with Crippen molar-refractivity contribution in [2.24, 2.45) is 5.92 Å². The van der Waals surface area contributed by atoms with E-state index >= 15 is 0 Å². The van der Waals surface area contributed by atoms with Crippen LogP contribution in [0.2, 0.25) is 0 Å². The average molecular weight is 332 g/mol. The second-order valence-corrected chi connectivity index (χ2v) is 6.95. The van der Waals surface area contributed by atoms with Crippen LogP contribution in [0.3, 0.4) is 0 Å². The van der Waals surface area contributed by atoms with Gasteiger partial charge in [0.25, 0.3) is 5.91 Å². The van der Waals surface area contributed by atoms with E-state index in [-0.39, 0.29) is 5.91 Å². The molecule has 24 heavy (non-hydrogen) atoms. The summed E-state index contributed by atoms with van der Waals surface area (Å²) in [7, 11) is 3.76. The third kappa shape index (κ3) is 4.24. The van der Waals surface area contributed by atoms with Crippen molar-refractivity contribution >= 4 is 5.91 Å². The van der Waals surface area contributed by atoms with Gasteiger partial charge < -0.3 is 19.4 Å². The molecular formula is C18H28N4O2. The van der Waals surface area contributed by atoms with Gasteiger partial charge >= 0.3 is 0 Å². The fraction of sp³-hybridized carbons (Fsp3) is 0.667. The van der Waals surface area contributed by atoms with Gasteiger partial charge in [-0.25, -0.2) is 4.98 Å². The van der Waals surface area contributed by atoms with Crippen molar-refractivity contribution in [3.63, 3.8) is 0 Å². The monoisotopic (exact) mass is 332 g/mol. The average Bonchev–Trinajstić information content (AvgIpc) is 2.63. The summed E-state index contributed by atoms with van der Waals surface area (Å²) >= 11 is 0. The fourth-order valence-corrected chi connectivity index (χ4v) is 3.60. The van der Waals surface area contributed by atoms with Gasteiger partial charge in [0.1, 0.15) is 0 Å². The molecule has 0 unspecified atom stereocenters. The van der Waals surface area contributed by atoms with Crippen LogP contribution < -0.4 is 4.74 Å². The number of nitrogens with zero attached hydrogens (tertiary/aromatic N) is 4. The number of aromatic nitrogens is 1. The smallest absolute Gasteiger partial charge is 0.255 e. The summed E-state index contributed by atoms with van der Waals surface area (Å²) in [5, 5.41) is 0. The third-order valence-electron chi connectivity index (χ3n) is 5.11. The number of hydrogen-bond acceptors (Lipinski definition) is 5. The van der Waals surface area contributed by atoms with Crippen LogP contribution in [0.1, 0.15) is 23.2 Å². The quantitative estimate of drug-likeness (QED) is 0.829. The van der Waals surface area contributed by atoms with Crippen LogP contribution in [-0.4, -0.2) is 85.6 Å². The van der Waals surface area contributed by atoms with Gasteiger partial charge in [-0.05, 0) is 31.9 Å². The molecule has 3 rings (SSSR count). The second-order valence-electron chi connectivity index (χ2n) is 6.95. The molecule has 1 amide bonds. The minimum Gasteiger partial charge on any atom is -0.481 e. The van der Waals surface area contributed by atoms with E-state index in [0.717, 1.165) is 52.2 Å². The van der Waals surface area contributed by atoms with Crippen LogP contribution in [0, 0.1) is 5.92 Å². The first kappa shape index (κ1) is 17.2. The van der Waals surface area contributed by atoms with E-state index in [0.29, 0.717) is 17.4 Å². The van der Waals surface area contributed by atoms with Crippen LogP contribution in [0.5, 0.6) is 5.88 Å². The van der Waals surface area contributed by atoms with Gasteiger partial charge in [0.15, 0.2) is 0 Å². The number of rotatable bonds is 4. The van der Waals surface area contributed by atoms with Crippen LogP contribution in [0.15, 0.2) is 18.3 Å². The van der Waals surface area contributed by atoms with Crippen molar-refractivity contribution in [1.29, 1.82) is 0 Å². The van der Waals surface area contributed by atoms with Crippen molar-refractivity contribution < 1.29 is 9.53 Å². The number of carbonyl (C=O) groups excluding carboxylic acids is 1. The lowest BCUT2D eigenvalue weighted by molar-refractivity contribution is 0.0609. The lowest BCUT2D eigenvalue weighted by atomic mass is 9.96. The molecule has 0 aliphatic carbocycles. The molecule has 0 N–H and O–H groups in total. The van der Waals surface area contributed by atoms with E-state index in [1.54, 1.807) is 25.4 Å². The van der Waals surface area contributed by atoms with E-state index in [4.69, 9.17) is 4.74 Å². The number of hydrogen-bond donors (Lipinski definition) is 0. The minimum absolute atomic E-state index is 0.0910. The van der Waals surface area contributed by atoms with Crippen molar-refractivity contribution in [3.05, 3.63) is 23.9 Å². The maximum Gasteiger partial charge on any atom is 0.255 e. The summed E-state index contributed by atoms with van der Waals surface area (Å²) in [5.74, 6) is 1.21. The SMILES string of the molecule is COc1ccc(C(=O)N2CCC[C@H](CN3CCN(C)CC3)C2)cn1. The van der Waals surface area contributed by atoms with Gasteiger partial charge in [-0.15, -0.1) is 0 Å². The van der Waals surface area contributed by atoms with Crippen molar-refractivity contribution in [2.75, 3.05) is 60.0 Å². The Kier molecular flexibility index (Phi) is 5.68. The minimum atomic E-state index is 0.0910. The molecule has 2 fully saturated rings. The van der Waals surface area contributed by atoms with Gasteiger partial charge in [0.2, 0.25) is 5.88 Å². The molecule has 3 heterocycles. The zero-order chi connectivity index (χ0) is 16.9. The van der Waals surface area contributed by atoms with E-state index in [2.05, 4.69) is 21.8 Å². The van der Waals surface area contributed by atoms with Gasteiger partial charge in [-0.1, -0.05) is 0 Å². The van der Waals surface area contributed by atoms with Crippen LogP contribution in [0.25, 0.3) is 0 Å². The van der Waals surface area contributed by atoms with Gasteiger partial charge in [-0.3, -0.25) is 4.79 Å². The summed E-state index contributed by atoms with van der Waals surface area (Å²) in [5.41, 5.74) is 0.649. The zero-order valence-corrected chi connectivity index (χ0v) is 14.8. The molecule has 2 aliphatic heterocycles. The predicted molar refractivity (Wildman–Crippen MR) is 93.4 cm³/mol. The molecule has 0 aromatic carbocycles. The van der Waals surface area contributed by atoms with E-state index in [9.17, 15) is 4.79 Å². The number of amides is 1. The van der Waals surface area contributed by atoms with Crippen molar-refractivity contribution in [3.8, 4) is 5.88 Å². The molecule has 132 valence electrons. The Balaban J connectivity index is 1.55. The highest BCUT2D eigenvalue weighted by atomic mass is 16.5. The Labute approximate surface area is 144 Å². The topological polar surface area (TPSA) is 48.9 Å². The van der Waals surface area contributed by atoms with E-state index in [1.165, 1.54) is 6.42 Å². The van der Waals surface area contributed by atoms with Crippen molar-refractivity contribution in [2.45, 2.75) is 12.8 Å². The van der Waals surface area contributed by atoms with Gasteiger partial charge in [-0.2, -0.15) is 0 Å². The first-order valence-electron chi connectivity index (χ1n) is 8.86. The molecule has 0 saturated carbocycles. The first-order chi connectivity index (χ1) is 11.7. The Morgan fingerprint density at radius 3 is 2.71 bits per heavy atom. The van der Waals surface area contributed by atoms with Crippen LogP contribution in [0.4, 0.5) is 0 Å². The molecule has 6 nitrogen and oxygen atoms in total. The third-order valence-corrected chi connectivity index (χ3v) is 5.11. The summed E-state index contributed by atoms with van der Waals surface area (Å²) in [6.45, 7) is 7.40. The highest BCUT2D eigenvalue weighted by molar-refractivity contribution is 5.94. The molecule has 0 bridgehead atoms. The molecule has 1 aromatic rings. The largest absolute Gasteiger partial charge is 0.481 e. The lowest BCUT2D eigenvalue weighted by Crippen LogP contribution is -2.49. The summed E-state index contributed by atoms with van der Waals surface area (Å²) in [6.07, 6.45) is 3.93. The number of likely N-dealkylation sites (N-methyl/N-ethyl adjacent to an activating group) is 1. The number of pyridine rings is 1. The lowest BCUT2D eigenvalue weighted by Gasteiger charge is -2.38. The van der Waals surface area contributed by atoms with Gasteiger partial charge in [0, 0.05) is 58.1 Å². The summed E-state index contributed by atoms with van der Waals surface area (Å²) in [6, 6.07) is 3.55. The fourth-order valence-electron chi connectivity index (χ4n) is 3.60. The Morgan fingerprint density at radius 1 is 1.25 bits per heavy atom. The summed E-state index contributed by atoms with van der Waals surface area (Å²) < 4.78 is 5.06. The number of carbonyl (C=O) groups is 1. The molecular weight excluding hydrogens is 304 g/mol. The van der Waals surface area contributed by atoms with E-state index in [1.807, 2.05) is 4.90 Å². The number of ether oxygens (including phenoxy) is 1. The Morgan fingerprint density at radius 2 is 2.04 bits per heavy atom. The molecule has 0 radical (unpaired) electrons. The summed E-state index contributed by atoms with van der Waals surface area (Å²) in [4.78, 5) is 23.8. The second kappa shape index (κ2) is 7.94. The number of piperazine rings is 1. The Hall–Kier alpha value is -1.66. The highest BCUT2D eigenvalue weighted by Gasteiger charge is 2.27. The predicted octanol–water partition coefficient (Wildman–Crippen LogP) is 1.19. The zero-order valence-electron chi connectivity index (χ0n) is 14.8.